The summed E-state index contributed by atoms with van der Waals surface area (Å²) in [6, 6.07) is 0. The van der Waals surface area contributed by atoms with Crippen molar-refractivity contribution in [2.45, 2.75) is 219 Å². The second kappa shape index (κ2) is 30.7. The van der Waals surface area contributed by atoms with E-state index in [1.165, 1.54) is 103 Å². The first-order chi connectivity index (χ1) is 24.3. The fourth-order valence-corrected chi connectivity index (χ4v) is 6.41. The number of ketones is 2. The molecule has 0 radical (unpaired) electrons. The molecule has 2 atom stereocenters. The van der Waals surface area contributed by atoms with E-state index in [0.717, 1.165) is 50.4 Å². The normalized spacial score (nSPS) is 14.1. The van der Waals surface area contributed by atoms with Crippen LogP contribution in [0.1, 0.15) is 207 Å². The number of unbranched alkanes of at least 4 members (excludes halogenated alkanes) is 22. The molecule has 0 rings (SSSR count). The number of carbonyl (C=O) groups is 4. The molecule has 0 heterocycles. The van der Waals surface area contributed by atoms with Crippen molar-refractivity contribution in [3.05, 3.63) is 0 Å². The summed E-state index contributed by atoms with van der Waals surface area (Å²) in [6.45, 7) is 6.42. The lowest BCUT2D eigenvalue weighted by molar-refractivity contribution is -0.190. The van der Waals surface area contributed by atoms with Gasteiger partial charge in [0.1, 0.15) is 0 Å². The highest BCUT2D eigenvalue weighted by atomic mass is 16.6. The Hall–Kier alpha value is -1.68. The molecule has 9 heteroatoms. The van der Waals surface area contributed by atoms with Crippen molar-refractivity contribution in [1.82, 2.24) is 0 Å². The Bertz CT molecular complexity index is 846. The van der Waals surface area contributed by atoms with E-state index in [0.29, 0.717) is 25.7 Å². The van der Waals surface area contributed by atoms with Gasteiger partial charge in [-0.05, 0) is 24.7 Å². The Morgan fingerprint density at radius 1 is 0.412 bits per heavy atom. The maximum atomic E-state index is 12.7. The van der Waals surface area contributed by atoms with Crippen LogP contribution in [0.25, 0.3) is 0 Å². The van der Waals surface area contributed by atoms with Crippen LogP contribution in [0.2, 0.25) is 0 Å². The Kier molecular flexibility index (Phi) is 29.7. The standard InChI is InChI=1S/C42H78O9/c1-35(2)29-25-21-17-13-9-5-7-11-15-19-23-27-31-37(45)41(49,33-43)39(47)51-40(48)42(50,34-44)38(46)32-28-24-20-16-12-8-6-10-14-18-22-26-30-36(3)4/h35-36,43-44,49-50H,5-34H2,1-4H3. The number of rotatable bonds is 36. The molecule has 0 aromatic carbocycles. The monoisotopic (exact) mass is 727 g/mol. The maximum absolute atomic E-state index is 12.7. The molecule has 51 heavy (non-hydrogen) atoms. The van der Waals surface area contributed by atoms with E-state index in [1.54, 1.807) is 0 Å². The highest BCUT2D eigenvalue weighted by Gasteiger charge is 2.50. The summed E-state index contributed by atoms with van der Waals surface area (Å²) in [7, 11) is 0. The molecule has 0 saturated carbocycles. The van der Waals surface area contributed by atoms with E-state index in [4.69, 9.17) is 0 Å². The minimum atomic E-state index is -3.00. The van der Waals surface area contributed by atoms with Crippen LogP contribution in [0.4, 0.5) is 0 Å². The van der Waals surface area contributed by atoms with Crippen molar-refractivity contribution in [3.63, 3.8) is 0 Å². The van der Waals surface area contributed by atoms with Crippen molar-refractivity contribution >= 4 is 23.5 Å². The van der Waals surface area contributed by atoms with E-state index in [9.17, 15) is 39.6 Å². The number of hydrogen-bond acceptors (Lipinski definition) is 9. The van der Waals surface area contributed by atoms with Gasteiger partial charge in [-0.15, -0.1) is 0 Å². The number of aliphatic hydroxyl groups excluding tert-OH is 2. The first-order valence-electron chi connectivity index (χ1n) is 20.8. The van der Waals surface area contributed by atoms with Crippen LogP contribution < -0.4 is 0 Å². The van der Waals surface area contributed by atoms with Crippen molar-refractivity contribution in [2.75, 3.05) is 13.2 Å². The van der Waals surface area contributed by atoms with Crippen LogP contribution in [0.3, 0.4) is 0 Å². The van der Waals surface area contributed by atoms with Gasteiger partial charge in [0.25, 0.3) is 0 Å². The van der Waals surface area contributed by atoms with Gasteiger partial charge in [-0.3, -0.25) is 9.59 Å². The minimum Gasteiger partial charge on any atom is -0.392 e. The predicted octanol–water partition coefficient (Wildman–Crippen LogP) is 8.88. The topological polar surface area (TPSA) is 158 Å². The van der Waals surface area contributed by atoms with Crippen molar-refractivity contribution in [3.8, 4) is 0 Å². The second-order valence-corrected chi connectivity index (χ2v) is 15.9. The molecule has 9 nitrogen and oxygen atoms in total. The van der Waals surface area contributed by atoms with Crippen LogP contribution in [-0.4, -0.2) is 68.3 Å². The molecule has 0 amide bonds. The molecule has 2 unspecified atom stereocenters. The molecule has 0 spiro atoms. The molecule has 0 saturated heterocycles. The van der Waals surface area contributed by atoms with Gasteiger partial charge < -0.3 is 25.2 Å². The van der Waals surface area contributed by atoms with Gasteiger partial charge in [-0.2, -0.15) is 0 Å². The molecule has 300 valence electrons. The zero-order valence-corrected chi connectivity index (χ0v) is 33.2. The summed E-state index contributed by atoms with van der Waals surface area (Å²) in [5, 5.41) is 40.5. The van der Waals surface area contributed by atoms with Gasteiger partial charge in [0, 0.05) is 12.8 Å². The molecule has 0 aromatic rings. The van der Waals surface area contributed by atoms with E-state index >= 15 is 0 Å². The molecule has 0 aliphatic carbocycles. The molecular formula is C42H78O9. The molecule has 0 bridgehead atoms. The summed E-state index contributed by atoms with van der Waals surface area (Å²) in [6.07, 6.45) is 28.3. The van der Waals surface area contributed by atoms with Crippen molar-refractivity contribution < 1.29 is 44.3 Å². The summed E-state index contributed by atoms with van der Waals surface area (Å²) in [5.41, 5.74) is -6.01. The number of carbonyl (C=O) groups excluding carboxylic acids is 4. The Morgan fingerprint density at radius 2 is 0.627 bits per heavy atom. The van der Waals surface area contributed by atoms with Gasteiger partial charge >= 0.3 is 11.9 Å². The summed E-state index contributed by atoms with van der Waals surface area (Å²) in [4.78, 5) is 50.6. The summed E-state index contributed by atoms with van der Waals surface area (Å²) >= 11 is 0. The van der Waals surface area contributed by atoms with E-state index in [1.807, 2.05) is 0 Å². The number of ether oxygens (including phenoxy) is 1. The van der Waals surface area contributed by atoms with Crippen molar-refractivity contribution in [2.24, 2.45) is 11.8 Å². The number of aliphatic hydroxyl groups is 4. The molecule has 0 aromatic heterocycles. The third-order valence-electron chi connectivity index (χ3n) is 10.1. The van der Waals surface area contributed by atoms with Gasteiger partial charge in [-0.25, -0.2) is 9.59 Å². The number of Topliss-reactive ketones (excluding diaryl/α,β-unsaturated/α-hetero) is 2. The Balaban J connectivity index is 4.27. The number of esters is 2. The predicted molar refractivity (Wildman–Crippen MR) is 204 cm³/mol. The van der Waals surface area contributed by atoms with Crippen molar-refractivity contribution in [1.29, 1.82) is 0 Å². The Labute approximate surface area is 311 Å². The van der Waals surface area contributed by atoms with E-state index in [-0.39, 0.29) is 12.8 Å². The maximum Gasteiger partial charge on any atom is 0.356 e. The molecular weight excluding hydrogens is 648 g/mol. The van der Waals surface area contributed by atoms with Crippen LogP contribution in [0.5, 0.6) is 0 Å². The SMILES string of the molecule is CC(C)CCCCCCCCCCCCCCC(=O)C(O)(CO)C(=O)OC(=O)C(O)(CO)C(=O)CCCCCCCCCCCCCCC(C)C. The van der Waals surface area contributed by atoms with E-state index in [2.05, 4.69) is 32.4 Å². The van der Waals surface area contributed by atoms with Gasteiger partial charge in [-0.1, -0.05) is 182 Å². The molecule has 0 aliphatic heterocycles. The molecule has 4 N–H and O–H groups in total. The summed E-state index contributed by atoms with van der Waals surface area (Å²) < 4.78 is 4.52. The van der Waals surface area contributed by atoms with Crippen LogP contribution in [-0.2, 0) is 23.9 Å². The zero-order valence-electron chi connectivity index (χ0n) is 33.2. The Morgan fingerprint density at radius 3 is 0.843 bits per heavy atom. The average Bonchev–Trinajstić information content (AvgIpc) is 3.10. The van der Waals surface area contributed by atoms with Gasteiger partial charge in [0.05, 0.1) is 13.2 Å². The largest absolute Gasteiger partial charge is 0.392 e. The quantitative estimate of drug-likeness (QED) is 0.0281. The molecule has 0 aliphatic rings. The highest BCUT2D eigenvalue weighted by molar-refractivity contribution is 6.14. The van der Waals surface area contributed by atoms with Crippen LogP contribution in [0.15, 0.2) is 0 Å². The van der Waals surface area contributed by atoms with Crippen LogP contribution >= 0.6 is 0 Å². The third kappa shape index (κ3) is 23.6. The second-order valence-electron chi connectivity index (χ2n) is 15.9. The third-order valence-corrected chi connectivity index (χ3v) is 10.1. The highest BCUT2D eigenvalue weighted by Crippen LogP contribution is 2.21. The van der Waals surface area contributed by atoms with Gasteiger partial charge in [0.15, 0.2) is 11.6 Å². The number of hydrogen-bond donors (Lipinski definition) is 4. The lowest BCUT2D eigenvalue weighted by Crippen LogP contribution is -2.56. The minimum absolute atomic E-state index is 0.209. The molecule has 0 fully saturated rings. The van der Waals surface area contributed by atoms with Gasteiger partial charge in [0.2, 0.25) is 11.2 Å². The first kappa shape index (κ1) is 49.3. The lowest BCUT2D eigenvalue weighted by Gasteiger charge is -2.25. The summed E-state index contributed by atoms with van der Waals surface area (Å²) in [5.74, 6) is -3.99. The first-order valence-corrected chi connectivity index (χ1v) is 20.8. The fraction of sp³-hybridized carbons (Fsp3) is 0.905. The fourth-order valence-electron chi connectivity index (χ4n) is 6.41. The lowest BCUT2D eigenvalue weighted by atomic mass is 9.93. The van der Waals surface area contributed by atoms with Crippen LogP contribution in [0, 0.1) is 11.8 Å². The average molecular weight is 727 g/mol. The zero-order chi connectivity index (χ0) is 38.4. The smallest absolute Gasteiger partial charge is 0.356 e. The van der Waals surface area contributed by atoms with E-state index < -0.39 is 47.9 Å².